The van der Waals surface area contributed by atoms with Gasteiger partial charge in [-0.25, -0.2) is 8.42 Å². The second-order valence-corrected chi connectivity index (χ2v) is 13.8. The largest absolute Gasteiger partial charge is 0.393 e. The molecule has 1 aromatic heterocycles. The normalized spacial score (nSPS) is 36.5. The van der Waals surface area contributed by atoms with E-state index in [1.54, 1.807) is 16.4 Å². The number of hydrogen-bond acceptors (Lipinski definition) is 6. The van der Waals surface area contributed by atoms with Crippen LogP contribution in [0, 0.1) is 24.7 Å². The molecule has 6 atom stereocenters. The molecule has 1 amide bonds. The smallest absolute Gasteiger partial charge is 0.264 e. The minimum absolute atomic E-state index is 0.0199. The Kier molecular flexibility index (Phi) is 5.30. The first-order valence-corrected chi connectivity index (χ1v) is 14.7. The summed E-state index contributed by atoms with van der Waals surface area (Å²) in [4.78, 5) is 16.2. The third kappa shape index (κ3) is 3.18. The molecule has 6 rings (SSSR count). The van der Waals surface area contributed by atoms with Gasteiger partial charge in [0.15, 0.2) is 0 Å². The first-order chi connectivity index (χ1) is 16.6. The highest BCUT2D eigenvalue weighted by Crippen LogP contribution is 2.64. The Morgan fingerprint density at radius 3 is 2.60 bits per heavy atom. The van der Waals surface area contributed by atoms with Gasteiger partial charge in [-0.1, -0.05) is 37.6 Å². The van der Waals surface area contributed by atoms with Gasteiger partial charge in [0.25, 0.3) is 5.91 Å². The molecular formula is C26H32N2O5S2. The molecule has 3 saturated heterocycles. The third-order valence-corrected chi connectivity index (χ3v) is 11.7. The van der Waals surface area contributed by atoms with Gasteiger partial charge < -0.3 is 14.7 Å². The fourth-order valence-corrected chi connectivity index (χ4v) is 10.2. The number of carbonyl (C=O) groups excluding carboxylic acids is 1. The number of fused-ring (bicyclic) bond motifs is 2. The van der Waals surface area contributed by atoms with Crippen molar-refractivity contribution in [2.24, 2.45) is 17.8 Å². The number of ether oxygens (including phenoxy) is 1. The molecule has 4 heterocycles. The number of aryl methyl sites for hydroxylation is 1. The molecule has 4 fully saturated rings. The predicted molar refractivity (Wildman–Crippen MR) is 133 cm³/mol. The molecule has 1 saturated carbocycles. The quantitative estimate of drug-likeness (QED) is 0.675. The Morgan fingerprint density at radius 1 is 1.20 bits per heavy atom. The molecule has 9 heteroatoms. The summed E-state index contributed by atoms with van der Waals surface area (Å²) in [6.07, 6.45) is 0.232. The second-order valence-electron chi connectivity index (χ2n) is 11.0. The maximum Gasteiger partial charge on any atom is 0.264 e. The van der Waals surface area contributed by atoms with Gasteiger partial charge in [-0.2, -0.15) is 4.31 Å². The maximum absolute atomic E-state index is 14.2. The zero-order valence-corrected chi connectivity index (χ0v) is 21.9. The van der Waals surface area contributed by atoms with Crippen molar-refractivity contribution in [3.8, 4) is 0 Å². The number of thiophene rings is 1. The average Bonchev–Trinajstić information content (AvgIpc) is 3.50. The van der Waals surface area contributed by atoms with E-state index in [4.69, 9.17) is 4.74 Å². The molecular weight excluding hydrogens is 484 g/mol. The number of morpholine rings is 1. The molecule has 35 heavy (non-hydrogen) atoms. The lowest BCUT2D eigenvalue weighted by Gasteiger charge is -2.51. The predicted octanol–water partition coefficient (Wildman–Crippen LogP) is 3.14. The van der Waals surface area contributed by atoms with Crippen LogP contribution in [0.3, 0.4) is 0 Å². The molecule has 7 nitrogen and oxygen atoms in total. The lowest BCUT2D eigenvalue weighted by molar-refractivity contribution is -0.108. The molecule has 188 valence electrons. The molecule has 2 bridgehead atoms. The van der Waals surface area contributed by atoms with Gasteiger partial charge in [0, 0.05) is 30.5 Å². The summed E-state index contributed by atoms with van der Waals surface area (Å²) in [5.74, 6) is -0.405. The van der Waals surface area contributed by atoms with Gasteiger partial charge in [0.05, 0.1) is 28.5 Å². The van der Waals surface area contributed by atoms with E-state index in [-0.39, 0.29) is 41.2 Å². The van der Waals surface area contributed by atoms with Crippen molar-refractivity contribution in [2.45, 2.75) is 61.9 Å². The van der Waals surface area contributed by atoms with Crippen molar-refractivity contribution >= 4 is 27.3 Å². The first kappa shape index (κ1) is 23.6. The fourth-order valence-electron chi connectivity index (χ4n) is 7.55. The van der Waals surface area contributed by atoms with Crippen molar-refractivity contribution < 1.29 is 23.1 Å². The molecule has 1 N–H and O–H groups in total. The Hall–Kier alpha value is -1.78. The zero-order chi connectivity index (χ0) is 24.8. The van der Waals surface area contributed by atoms with Gasteiger partial charge in [-0.3, -0.25) is 4.79 Å². The number of amides is 1. The van der Waals surface area contributed by atoms with Crippen LogP contribution >= 0.6 is 11.3 Å². The summed E-state index contributed by atoms with van der Waals surface area (Å²) < 4.78 is 36.7. The van der Waals surface area contributed by atoms with E-state index in [9.17, 15) is 18.3 Å². The van der Waals surface area contributed by atoms with Gasteiger partial charge in [0.2, 0.25) is 10.0 Å². The van der Waals surface area contributed by atoms with Crippen LogP contribution in [0.5, 0.6) is 0 Å². The lowest BCUT2D eigenvalue weighted by Crippen LogP contribution is -2.61. The van der Waals surface area contributed by atoms with Crippen molar-refractivity contribution in [1.29, 1.82) is 0 Å². The van der Waals surface area contributed by atoms with Crippen LogP contribution in [0.25, 0.3) is 0 Å². The number of carbonyl (C=O) groups is 1. The Balaban J connectivity index is 1.47. The van der Waals surface area contributed by atoms with Crippen LogP contribution in [-0.4, -0.2) is 71.6 Å². The number of rotatable bonds is 4. The van der Waals surface area contributed by atoms with Crippen LogP contribution in [0.15, 0.2) is 46.7 Å². The molecule has 1 aromatic carbocycles. The van der Waals surface area contributed by atoms with Crippen LogP contribution in [0.2, 0.25) is 0 Å². The number of hydrogen-bond donors (Lipinski definition) is 1. The summed E-state index contributed by atoms with van der Waals surface area (Å²) in [7, 11) is -3.82. The van der Waals surface area contributed by atoms with Crippen molar-refractivity contribution in [3.63, 3.8) is 0 Å². The van der Waals surface area contributed by atoms with Crippen molar-refractivity contribution in [3.05, 3.63) is 52.2 Å². The van der Waals surface area contributed by atoms with Crippen LogP contribution < -0.4 is 0 Å². The van der Waals surface area contributed by atoms with Gasteiger partial charge >= 0.3 is 0 Å². The number of sulfonamides is 1. The van der Waals surface area contributed by atoms with Crippen LogP contribution in [-0.2, 0) is 14.8 Å². The van der Waals surface area contributed by atoms with Gasteiger partial charge in [-0.05, 0) is 49.3 Å². The highest BCUT2D eigenvalue weighted by atomic mass is 32.2. The van der Waals surface area contributed by atoms with E-state index in [0.717, 1.165) is 5.56 Å². The first-order valence-electron chi connectivity index (χ1n) is 12.4. The van der Waals surface area contributed by atoms with E-state index >= 15 is 0 Å². The second kappa shape index (κ2) is 7.86. The standard InChI is InChI=1S/C26H32N2O5S2/c1-16(2)26-11-10-19(29)22-20-13-27(24(30)21-5-4-12-34-21)14-25(33-20,23(22)26)15-28(26)35(31,32)18-8-6-17(3)7-9-18/h4-9,12,16,19-20,22-23,29H,10-11,13-15H2,1-3H3/t19-,20+,22+,23+,25+,26-/m0/s1. The molecule has 3 aliphatic heterocycles. The number of aliphatic hydroxyl groups is 1. The van der Waals surface area contributed by atoms with E-state index in [1.165, 1.54) is 11.3 Å². The number of benzene rings is 1. The number of nitrogens with zero attached hydrogens (tertiary/aromatic N) is 2. The average molecular weight is 517 g/mol. The van der Waals surface area contributed by atoms with E-state index in [0.29, 0.717) is 30.8 Å². The SMILES string of the molecule is Cc1ccc(S(=O)(=O)N2C[C@@]34CN(C(=O)c5cccs5)C[C@@H](O3)[C@@H]3[C@H]4[C@@]2(C(C)C)CC[C@@H]3O)cc1. The van der Waals surface area contributed by atoms with E-state index in [2.05, 4.69) is 13.8 Å². The maximum atomic E-state index is 14.2. The number of likely N-dealkylation sites (tertiary alicyclic amines) is 1. The fraction of sp³-hybridized carbons (Fsp3) is 0.577. The minimum atomic E-state index is -3.82. The van der Waals surface area contributed by atoms with Crippen LogP contribution in [0.4, 0.5) is 0 Å². The molecule has 1 spiro atoms. The minimum Gasteiger partial charge on any atom is -0.393 e. The summed E-state index contributed by atoms with van der Waals surface area (Å²) in [5.41, 5.74) is -0.504. The third-order valence-electron chi connectivity index (χ3n) is 8.95. The Bertz CT molecular complexity index is 1250. The molecule has 0 unspecified atom stereocenters. The Morgan fingerprint density at radius 2 is 1.94 bits per heavy atom. The van der Waals surface area contributed by atoms with E-state index in [1.807, 2.05) is 41.5 Å². The van der Waals surface area contributed by atoms with Crippen LogP contribution in [0.1, 0.15) is 41.9 Å². The van der Waals surface area contributed by atoms with Gasteiger partial charge in [0.1, 0.15) is 5.60 Å². The zero-order valence-electron chi connectivity index (χ0n) is 20.3. The molecule has 4 aliphatic rings. The highest BCUT2D eigenvalue weighted by Gasteiger charge is 2.76. The topological polar surface area (TPSA) is 87.2 Å². The van der Waals surface area contributed by atoms with Crippen molar-refractivity contribution in [1.82, 2.24) is 9.21 Å². The molecule has 1 aliphatic carbocycles. The molecule has 2 aromatic rings. The summed E-state index contributed by atoms with van der Waals surface area (Å²) in [6.45, 7) is 7.07. The summed E-state index contributed by atoms with van der Waals surface area (Å²) in [5, 5.41) is 13.1. The van der Waals surface area contributed by atoms with Crippen molar-refractivity contribution in [2.75, 3.05) is 19.6 Å². The van der Waals surface area contributed by atoms with Gasteiger partial charge in [-0.15, -0.1) is 11.3 Å². The number of aliphatic hydroxyl groups excluding tert-OH is 1. The lowest BCUT2D eigenvalue weighted by atomic mass is 9.59. The molecule has 0 radical (unpaired) electrons. The summed E-state index contributed by atoms with van der Waals surface area (Å²) >= 11 is 1.41. The highest BCUT2D eigenvalue weighted by molar-refractivity contribution is 7.89. The monoisotopic (exact) mass is 516 g/mol. The summed E-state index contributed by atoms with van der Waals surface area (Å²) in [6, 6.07) is 10.7. The Labute approximate surface area is 210 Å². The van der Waals surface area contributed by atoms with E-state index < -0.39 is 27.3 Å².